The lowest BCUT2D eigenvalue weighted by atomic mass is 10.3. The zero-order valence-electron chi connectivity index (χ0n) is 11.1. The zero-order chi connectivity index (χ0) is 13.4. The van der Waals surface area contributed by atoms with Crippen LogP contribution in [0.2, 0.25) is 0 Å². The molecule has 100 valence electrons. The Hall–Kier alpha value is -1.62. The Bertz CT molecular complexity index is 364. The van der Waals surface area contributed by atoms with Crippen molar-refractivity contribution < 1.29 is 4.79 Å². The molecule has 5 heteroatoms. The molecule has 0 aromatic carbocycles. The molecule has 0 fully saturated rings. The van der Waals surface area contributed by atoms with Gasteiger partial charge in [0, 0.05) is 26.6 Å². The number of nitrogens with zero attached hydrogens (tertiary/aromatic N) is 2. The van der Waals surface area contributed by atoms with E-state index in [1.54, 1.807) is 6.20 Å². The minimum absolute atomic E-state index is 0.0999. The SMILES string of the molecule is CCCCN(C)c1ccc(NC(=O)CCN)nc1. The normalized spacial score (nSPS) is 10.2. The molecule has 0 aliphatic rings. The van der Waals surface area contributed by atoms with Gasteiger partial charge in [0.15, 0.2) is 0 Å². The maximum atomic E-state index is 11.3. The van der Waals surface area contributed by atoms with Crippen molar-refractivity contribution in [2.75, 3.05) is 30.4 Å². The second-order valence-electron chi connectivity index (χ2n) is 4.26. The number of nitrogens with two attached hydrogens (primary N) is 1. The van der Waals surface area contributed by atoms with E-state index in [0.29, 0.717) is 18.8 Å². The van der Waals surface area contributed by atoms with Crippen LogP contribution in [0.3, 0.4) is 0 Å². The highest BCUT2D eigenvalue weighted by Crippen LogP contribution is 2.14. The standard InChI is InChI=1S/C13H22N4O/c1-3-4-9-17(2)11-5-6-12(15-10-11)16-13(18)7-8-14/h5-6,10H,3-4,7-9,14H2,1-2H3,(H,15,16,18). The predicted octanol–water partition coefficient (Wildman–Crippen LogP) is 1.61. The Morgan fingerprint density at radius 1 is 1.50 bits per heavy atom. The molecule has 0 aliphatic heterocycles. The minimum atomic E-state index is -0.0999. The number of pyridine rings is 1. The molecule has 5 nitrogen and oxygen atoms in total. The van der Waals surface area contributed by atoms with E-state index >= 15 is 0 Å². The largest absolute Gasteiger partial charge is 0.373 e. The third-order valence-corrected chi connectivity index (χ3v) is 2.67. The zero-order valence-corrected chi connectivity index (χ0v) is 11.1. The van der Waals surface area contributed by atoms with Crippen molar-refractivity contribution in [3.05, 3.63) is 18.3 Å². The molecule has 0 atom stereocenters. The number of unbranched alkanes of at least 4 members (excludes halogenated alkanes) is 1. The molecular weight excluding hydrogens is 228 g/mol. The van der Waals surface area contributed by atoms with Crippen molar-refractivity contribution >= 4 is 17.4 Å². The summed E-state index contributed by atoms with van der Waals surface area (Å²) < 4.78 is 0. The highest BCUT2D eigenvalue weighted by molar-refractivity contribution is 5.89. The third-order valence-electron chi connectivity index (χ3n) is 2.67. The molecule has 0 bridgehead atoms. The molecule has 0 aliphatic carbocycles. The van der Waals surface area contributed by atoms with Gasteiger partial charge in [0.2, 0.25) is 5.91 Å². The van der Waals surface area contributed by atoms with E-state index in [9.17, 15) is 4.79 Å². The molecule has 0 spiro atoms. The van der Waals surface area contributed by atoms with Gasteiger partial charge in [0.1, 0.15) is 5.82 Å². The van der Waals surface area contributed by atoms with Crippen molar-refractivity contribution in [1.82, 2.24) is 4.98 Å². The molecular formula is C13H22N4O. The number of nitrogens with one attached hydrogen (secondary N) is 1. The van der Waals surface area contributed by atoms with Gasteiger partial charge < -0.3 is 16.0 Å². The lowest BCUT2D eigenvalue weighted by molar-refractivity contribution is -0.116. The average Bonchev–Trinajstić information content (AvgIpc) is 2.37. The van der Waals surface area contributed by atoms with Crippen LogP contribution in [0.1, 0.15) is 26.2 Å². The number of carbonyl (C=O) groups is 1. The first-order valence-electron chi connectivity index (χ1n) is 6.34. The maximum absolute atomic E-state index is 11.3. The van der Waals surface area contributed by atoms with Crippen molar-refractivity contribution in [2.45, 2.75) is 26.2 Å². The van der Waals surface area contributed by atoms with E-state index in [4.69, 9.17) is 5.73 Å². The van der Waals surface area contributed by atoms with Gasteiger partial charge in [-0.15, -0.1) is 0 Å². The van der Waals surface area contributed by atoms with Gasteiger partial charge in [-0.3, -0.25) is 4.79 Å². The quantitative estimate of drug-likeness (QED) is 0.771. The van der Waals surface area contributed by atoms with Crippen molar-refractivity contribution in [3.8, 4) is 0 Å². The van der Waals surface area contributed by atoms with Crippen molar-refractivity contribution in [3.63, 3.8) is 0 Å². The highest BCUT2D eigenvalue weighted by atomic mass is 16.1. The highest BCUT2D eigenvalue weighted by Gasteiger charge is 2.04. The van der Waals surface area contributed by atoms with Gasteiger partial charge in [0.25, 0.3) is 0 Å². The van der Waals surface area contributed by atoms with Crippen molar-refractivity contribution in [2.24, 2.45) is 5.73 Å². The second kappa shape index (κ2) is 7.66. The summed E-state index contributed by atoms with van der Waals surface area (Å²) in [6, 6.07) is 3.77. The topological polar surface area (TPSA) is 71.2 Å². The van der Waals surface area contributed by atoms with Crippen LogP contribution >= 0.6 is 0 Å². The molecule has 18 heavy (non-hydrogen) atoms. The van der Waals surface area contributed by atoms with Crippen LogP contribution in [0.4, 0.5) is 11.5 Å². The lowest BCUT2D eigenvalue weighted by Crippen LogP contribution is -2.19. The van der Waals surface area contributed by atoms with E-state index in [0.717, 1.165) is 18.7 Å². The fourth-order valence-electron chi connectivity index (χ4n) is 1.55. The lowest BCUT2D eigenvalue weighted by Gasteiger charge is -2.18. The van der Waals surface area contributed by atoms with E-state index in [2.05, 4.69) is 22.1 Å². The van der Waals surface area contributed by atoms with Crippen LogP contribution < -0.4 is 16.0 Å². The summed E-state index contributed by atoms with van der Waals surface area (Å²) in [6.45, 7) is 3.53. The Labute approximate surface area is 108 Å². The van der Waals surface area contributed by atoms with Gasteiger partial charge in [-0.2, -0.15) is 0 Å². The molecule has 0 radical (unpaired) electrons. The summed E-state index contributed by atoms with van der Waals surface area (Å²) in [5, 5.41) is 2.70. The Morgan fingerprint density at radius 3 is 2.83 bits per heavy atom. The van der Waals surface area contributed by atoms with Crippen LogP contribution in [0.25, 0.3) is 0 Å². The number of carbonyl (C=O) groups excluding carboxylic acids is 1. The number of hydrogen-bond acceptors (Lipinski definition) is 4. The molecule has 1 heterocycles. The number of aromatic nitrogens is 1. The van der Waals surface area contributed by atoms with Gasteiger partial charge in [-0.1, -0.05) is 13.3 Å². The minimum Gasteiger partial charge on any atom is -0.373 e. The van der Waals surface area contributed by atoms with Gasteiger partial charge in [-0.05, 0) is 18.6 Å². The van der Waals surface area contributed by atoms with Gasteiger partial charge >= 0.3 is 0 Å². The first-order valence-corrected chi connectivity index (χ1v) is 6.34. The first-order chi connectivity index (χ1) is 8.67. The van der Waals surface area contributed by atoms with E-state index in [-0.39, 0.29) is 5.91 Å². The molecule has 1 amide bonds. The average molecular weight is 250 g/mol. The molecule has 0 saturated carbocycles. The van der Waals surface area contributed by atoms with Gasteiger partial charge in [0.05, 0.1) is 11.9 Å². The van der Waals surface area contributed by atoms with Crippen LogP contribution in [0.15, 0.2) is 18.3 Å². The summed E-state index contributed by atoms with van der Waals surface area (Å²) in [5.41, 5.74) is 6.36. The summed E-state index contributed by atoms with van der Waals surface area (Å²) in [4.78, 5) is 17.7. The first kappa shape index (κ1) is 14.4. The summed E-state index contributed by atoms with van der Waals surface area (Å²) >= 11 is 0. The smallest absolute Gasteiger partial charge is 0.226 e. The van der Waals surface area contributed by atoms with E-state index in [1.807, 2.05) is 19.2 Å². The number of amides is 1. The Morgan fingerprint density at radius 2 is 2.28 bits per heavy atom. The summed E-state index contributed by atoms with van der Waals surface area (Å²) in [7, 11) is 2.04. The molecule has 1 rings (SSSR count). The van der Waals surface area contributed by atoms with E-state index < -0.39 is 0 Å². The Kier molecular flexibility index (Phi) is 6.14. The predicted molar refractivity (Wildman–Crippen MR) is 74.7 cm³/mol. The number of hydrogen-bond donors (Lipinski definition) is 2. The molecule has 3 N–H and O–H groups in total. The Balaban J connectivity index is 2.54. The van der Waals surface area contributed by atoms with Crippen LogP contribution in [0, 0.1) is 0 Å². The fourth-order valence-corrected chi connectivity index (χ4v) is 1.55. The molecule has 1 aromatic heterocycles. The third kappa shape index (κ3) is 4.71. The van der Waals surface area contributed by atoms with Crippen LogP contribution in [0.5, 0.6) is 0 Å². The molecule has 1 aromatic rings. The summed E-state index contributed by atoms with van der Waals surface area (Å²) in [5.74, 6) is 0.471. The van der Waals surface area contributed by atoms with Crippen LogP contribution in [-0.2, 0) is 4.79 Å². The fraction of sp³-hybridized carbons (Fsp3) is 0.538. The monoisotopic (exact) mass is 250 g/mol. The molecule has 0 saturated heterocycles. The van der Waals surface area contributed by atoms with Crippen LogP contribution in [-0.4, -0.2) is 31.0 Å². The summed E-state index contributed by atoms with van der Waals surface area (Å²) in [6.07, 6.45) is 4.42. The number of rotatable bonds is 7. The molecule has 0 unspecified atom stereocenters. The number of anilines is 2. The van der Waals surface area contributed by atoms with Crippen molar-refractivity contribution in [1.29, 1.82) is 0 Å². The second-order valence-corrected chi connectivity index (χ2v) is 4.26. The van der Waals surface area contributed by atoms with Gasteiger partial charge in [-0.25, -0.2) is 4.98 Å². The maximum Gasteiger partial charge on any atom is 0.226 e. The van der Waals surface area contributed by atoms with E-state index in [1.165, 1.54) is 6.42 Å².